The van der Waals surface area contributed by atoms with Crippen LogP contribution >= 0.6 is 11.8 Å². The van der Waals surface area contributed by atoms with E-state index in [0.717, 1.165) is 27.8 Å². The third-order valence-corrected chi connectivity index (χ3v) is 4.96. The average molecular weight is 394 g/mol. The summed E-state index contributed by atoms with van der Waals surface area (Å²) in [6.45, 7) is 2.44. The number of thioether (sulfide) groups is 1. The first-order valence-corrected chi connectivity index (χ1v) is 9.91. The fourth-order valence-corrected chi connectivity index (χ4v) is 3.40. The van der Waals surface area contributed by atoms with Crippen molar-refractivity contribution in [3.05, 3.63) is 77.2 Å². The molecule has 28 heavy (non-hydrogen) atoms. The second-order valence-corrected chi connectivity index (χ2v) is 7.51. The summed E-state index contributed by atoms with van der Waals surface area (Å²) in [5.74, 6) is 1.49. The standard InChI is InChI=1S/C21H23N5OS/c1-15-11-19(26(2)3)25-21(24-15)28-14-17-5-4-6-18(12-17)20(27)23-13-16-7-9-22-10-8-16/h4-12H,13-14H2,1-3H3,(H,23,27). The topological polar surface area (TPSA) is 71.0 Å². The quantitative estimate of drug-likeness (QED) is 0.490. The van der Waals surface area contributed by atoms with Gasteiger partial charge in [0.05, 0.1) is 0 Å². The second kappa shape index (κ2) is 9.32. The zero-order valence-electron chi connectivity index (χ0n) is 16.2. The van der Waals surface area contributed by atoms with Gasteiger partial charge in [-0.05, 0) is 42.3 Å². The van der Waals surface area contributed by atoms with Crippen molar-refractivity contribution in [3.8, 4) is 0 Å². The predicted octanol–water partition coefficient (Wildman–Crippen LogP) is 3.47. The molecule has 0 fully saturated rings. The Labute approximate surface area is 169 Å². The number of rotatable bonds is 7. The summed E-state index contributed by atoms with van der Waals surface area (Å²) in [7, 11) is 3.93. The van der Waals surface area contributed by atoms with Gasteiger partial charge in [0.15, 0.2) is 5.16 Å². The highest BCUT2D eigenvalue weighted by molar-refractivity contribution is 7.98. The van der Waals surface area contributed by atoms with Gasteiger partial charge >= 0.3 is 0 Å². The molecule has 1 aromatic carbocycles. The van der Waals surface area contributed by atoms with E-state index in [9.17, 15) is 4.79 Å². The minimum Gasteiger partial charge on any atom is -0.363 e. The lowest BCUT2D eigenvalue weighted by atomic mass is 10.1. The molecule has 7 heteroatoms. The normalized spacial score (nSPS) is 10.5. The Kier molecular flexibility index (Phi) is 6.60. The van der Waals surface area contributed by atoms with Crippen molar-refractivity contribution in [1.82, 2.24) is 20.3 Å². The van der Waals surface area contributed by atoms with E-state index in [4.69, 9.17) is 0 Å². The number of anilines is 1. The molecule has 0 radical (unpaired) electrons. The second-order valence-electron chi connectivity index (χ2n) is 6.57. The number of hydrogen-bond donors (Lipinski definition) is 1. The van der Waals surface area contributed by atoms with Gasteiger partial charge < -0.3 is 10.2 Å². The largest absolute Gasteiger partial charge is 0.363 e. The Bertz CT molecular complexity index is 947. The molecule has 0 saturated carbocycles. The van der Waals surface area contributed by atoms with Crippen LogP contribution in [0.1, 0.15) is 27.2 Å². The highest BCUT2D eigenvalue weighted by atomic mass is 32.2. The van der Waals surface area contributed by atoms with Gasteiger partial charge in [-0.15, -0.1) is 0 Å². The van der Waals surface area contributed by atoms with Crippen molar-refractivity contribution in [2.24, 2.45) is 0 Å². The fraction of sp³-hybridized carbons (Fsp3) is 0.238. The molecule has 0 aliphatic rings. The summed E-state index contributed by atoms with van der Waals surface area (Å²) in [4.78, 5) is 27.4. The molecule has 1 N–H and O–H groups in total. The minimum absolute atomic E-state index is 0.0923. The third-order valence-electron chi connectivity index (χ3n) is 4.04. The number of amides is 1. The minimum atomic E-state index is -0.0923. The number of carbonyl (C=O) groups is 1. The van der Waals surface area contributed by atoms with Gasteiger partial charge in [0, 0.05) is 56.1 Å². The Morgan fingerprint density at radius 1 is 1.07 bits per heavy atom. The van der Waals surface area contributed by atoms with Gasteiger partial charge in [0.2, 0.25) is 0 Å². The summed E-state index contributed by atoms with van der Waals surface area (Å²) >= 11 is 1.56. The van der Waals surface area contributed by atoms with E-state index in [0.29, 0.717) is 17.9 Å². The van der Waals surface area contributed by atoms with Crippen molar-refractivity contribution in [3.63, 3.8) is 0 Å². The first-order chi connectivity index (χ1) is 13.5. The lowest BCUT2D eigenvalue weighted by Gasteiger charge is -2.13. The van der Waals surface area contributed by atoms with Crippen LogP contribution < -0.4 is 10.2 Å². The lowest BCUT2D eigenvalue weighted by molar-refractivity contribution is 0.0951. The van der Waals surface area contributed by atoms with Gasteiger partial charge in [-0.1, -0.05) is 23.9 Å². The predicted molar refractivity (Wildman–Crippen MR) is 113 cm³/mol. The molecule has 3 aromatic rings. The maximum Gasteiger partial charge on any atom is 0.251 e. The summed E-state index contributed by atoms with van der Waals surface area (Å²) in [6.07, 6.45) is 3.43. The first kappa shape index (κ1) is 19.8. The van der Waals surface area contributed by atoms with E-state index in [1.54, 1.807) is 24.2 Å². The van der Waals surface area contributed by atoms with Crippen LogP contribution in [0.25, 0.3) is 0 Å². The van der Waals surface area contributed by atoms with Gasteiger partial charge in [-0.2, -0.15) is 0 Å². The van der Waals surface area contributed by atoms with Crippen molar-refractivity contribution < 1.29 is 4.79 Å². The van der Waals surface area contributed by atoms with Crippen LogP contribution in [0.2, 0.25) is 0 Å². The fourth-order valence-electron chi connectivity index (χ4n) is 2.55. The van der Waals surface area contributed by atoms with Crippen LogP contribution in [0.3, 0.4) is 0 Å². The number of nitrogens with zero attached hydrogens (tertiary/aromatic N) is 4. The molecule has 2 aromatic heterocycles. The highest BCUT2D eigenvalue weighted by Gasteiger charge is 2.08. The van der Waals surface area contributed by atoms with Crippen LogP contribution in [-0.4, -0.2) is 35.0 Å². The zero-order valence-corrected chi connectivity index (χ0v) is 17.0. The third kappa shape index (κ3) is 5.53. The zero-order chi connectivity index (χ0) is 19.9. The molecular weight excluding hydrogens is 370 g/mol. The molecule has 0 aliphatic carbocycles. The molecule has 0 atom stereocenters. The number of benzene rings is 1. The molecular formula is C21H23N5OS. The van der Waals surface area contributed by atoms with Crippen LogP contribution in [0, 0.1) is 6.92 Å². The molecule has 3 rings (SSSR count). The number of carbonyl (C=O) groups excluding carboxylic acids is 1. The SMILES string of the molecule is Cc1cc(N(C)C)nc(SCc2cccc(C(=O)NCc3ccncc3)c2)n1. The Balaban J connectivity index is 1.62. The van der Waals surface area contributed by atoms with Crippen LogP contribution in [0.5, 0.6) is 0 Å². The van der Waals surface area contributed by atoms with E-state index in [1.165, 1.54) is 0 Å². The summed E-state index contributed by atoms with van der Waals surface area (Å²) in [5, 5.41) is 3.67. The number of aryl methyl sites for hydroxylation is 1. The number of hydrogen-bond acceptors (Lipinski definition) is 6. The molecule has 1 amide bonds. The summed E-state index contributed by atoms with van der Waals surface area (Å²) < 4.78 is 0. The maximum absolute atomic E-state index is 12.4. The van der Waals surface area contributed by atoms with E-state index < -0.39 is 0 Å². The molecule has 0 bridgehead atoms. The number of aromatic nitrogens is 3. The highest BCUT2D eigenvalue weighted by Crippen LogP contribution is 2.22. The van der Waals surface area contributed by atoms with Crippen molar-refractivity contribution in [2.45, 2.75) is 24.4 Å². The molecule has 0 aliphatic heterocycles. The molecule has 6 nitrogen and oxygen atoms in total. The number of nitrogens with one attached hydrogen (secondary N) is 1. The van der Waals surface area contributed by atoms with Crippen LogP contribution in [0.15, 0.2) is 60.0 Å². The van der Waals surface area contributed by atoms with E-state index in [-0.39, 0.29) is 5.91 Å². The van der Waals surface area contributed by atoms with Gasteiger partial charge in [0.25, 0.3) is 5.91 Å². The average Bonchev–Trinajstić information content (AvgIpc) is 2.71. The van der Waals surface area contributed by atoms with Crippen molar-refractivity contribution in [2.75, 3.05) is 19.0 Å². The number of pyridine rings is 1. The Morgan fingerprint density at radius 3 is 2.61 bits per heavy atom. The monoisotopic (exact) mass is 393 g/mol. The lowest BCUT2D eigenvalue weighted by Crippen LogP contribution is -2.22. The van der Waals surface area contributed by atoms with Crippen molar-refractivity contribution >= 4 is 23.5 Å². The molecule has 2 heterocycles. The van der Waals surface area contributed by atoms with Gasteiger partial charge in [0.1, 0.15) is 5.82 Å². The molecule has 0 spiro atoms. The van der Waals surface area contributed by atoms with E-state index in [2.05, 4.69) is 20.3 Å². The first-order valence-electron chi connectivity index (χ1n) is 8.93. The molecule has 0 unspecified atom stereocenters. The molecule has 0 saturated heterocycles. The van der Waals surface area contributed by atoms with Crippen LogP contribution in [0.4, 0.5) is 5.82 Å². The maximum atomic E-state index is 12.4. The smallest absolute Gasteiger partial charge is 0.251 e. The van der Waals surface area contributed by atoms with E-state index in [1.807, 2.05) is 68.4 Å². The summed E-state index contributed by atoms with van der Waals surface area (Å²) in [6, 6.07) is 13.4. The van der Waals surface area contributed by atoms with Crippen LogP contribution in [-0.2, 0) is 12.3 Å². The van der Waals surface area contributed by atoms with Gasteiger partial charge in [-0.3, -0.25) is 9.78 Å². The van der Waals surface area contributed by atoms with Crippen molar-refractivity contribution in [1.29, 1.82) is 0 Å². The van der Waals surface area contributed by atoms with E-state index >= 15 is 0 Å². The Hall–Kier alpha value is -2.93. The summed E-state index contributed by atoms with van der Waals surface area (Å²) in [5.41, 5.74) is 3.65. The Morgan fingerprint density at radius 2 is 1.86 bits per heavy atom. The molecule has 144 valence electrons. The van der Waals surface area contributed by atoms with Gasteiger partial charge in [-0.25, -0.2) is 9.97 Å².